The Hall–Kier alpha value is -3.65. The molecule has 2 aromatic carbocycles. The predicted octanol–water partition coefficient (Wildman–Crippen LogP) is 11.0. The standard InChI is InChI=1S/C42H48N2/c1-4-11-33-28(3)41(30-19-17-29(5-2)18-20-30)37-15-8-9-16-38(37)42(33)39-22-21-34(35-13-6-7-14-36(35)39)31-23-25-44-40(26-31)32-12-10-24-43-27-32/h6-7,10,12-14,17-19,21-26,30,37-38,41-43H,4-5,8-9,11,15-16,20,27H2,1-3H3. The summed E-state index contributed by atoms with van der Waals surface area (Å²) < 4.78 is 0. The third-order valence-electron chi connectivity index (χ3n) is 11.2. The van der Waals surface area contributed by atoms with Gasteiger partial charge in [-0.05, 0) is 120 Å². The van der Waals surface area contributed by atoms with Crippen molar-refractivity contribution in [1.82, 2.24) is 10.3 Å². The average molecular weight is 581 g/mol. The van der Waals surface area contributed by atoms with Crippen LogP contribution in [-0.4, -0.2) is 11.5 Å². The van der Waals surface area contributed by atoms with E-state index in [1.807, 2.05) is 12.4 Å². The van der Waals surface area contributed by atoms with E-state index >= 15 is 0 Å². The average Bonchev–Trinajstić information content (AvgIpc) is 3.09. The lowest BCUT2D eigenvalue weighted by atomic mass is 9.54. The van der Waals surface area contributed by atoms with Crippen LogP contribution in [0.2, 0.25) is 0 Å². The topological polar surface area (TPSA) is 24.9 Å². The zero-order valence-electron chi connectivity index (χ0n) is 26.9. The van der Waals surface area contributed by atoms with E-state index in [9.17, 15) is 0 Å². The quantitative estimate of drug-likeness (QED) is 0.281. The number of nitrogens with zero attached hydrogens (tertiary/aromatic N) is 1. The molecule has 3 aromatic rings. The number of hydrogen-bond donors (Lipinski definition) is 1. The Morgan fingerprint density at radius 3 is 2.55 bits per heavy atom. The van der Waals surface area contributed by atoms with Crippen molar-refractivity contribution in [2.24, 2.45) is 23.7 Å². The van der Waals surface area contributed by atoms with E-state index in [0.29, 0.717) is 17.8 Å². The smallest absolute Gasteiger partial charge is 0.0685 e. The number of rotatable bonds is 7. The van der Waals surface area contributed by atoms with Gasteiger partial charge in [-0.15, -0.1) is 0 Å². The molecule has 1 fully saturated rings. The lowest BCUT2D eigenvalue weighted by Crippen LogP contribution is -2.40. The predicted molar refractivity (Wildman–Crippen MR) is 187 cm³/mol. The SMILES string of the molecule is CCCC1=C(C)C(C2C=CC(CC)=CC2)C2CCCCC2C1c1ccc(-c2ccnc(C3=CC=CNC3)c2)c2ccccc12. The van der Waals surface area contributed by atoms with Crippen molar-refractivity contribution in [2.45, 2.75) is 78.1 Å². The highest BCUT2D eigenvalue weighted by atomic mass is 14.8. The molecule has 0 bridgehead atoms. The van der Waals surface area contributed by atoms with Crippen LogP contribution in [0, 0.1) is 23.7 Å². The second-order valence-electron chi connectivity index (χ2n) is 13.6. The molecule has 7 rings (SSSR count). The first-order chi connectivity index (χ1) is 21.7. The zero-order valence-corrected chi connectivity index (χ0v) is 26.9. The molecule has 0 spiro atoms. The van der Waals surface area contributed by atoms with Crippen LogP contribution in [0.5, 0.6) is 0 Å². The van der Waals surface area contributed by atoms with Gasteiger partial charge < -0.3 is 5.32 Å². The molecule has 44 heavy (non-hydrogen) atoms. The number of allylic oxidation sites excluding steroid dienone is 8. The van der Waals surface area contributed by atoms with E-state index in [1.54, 1.807) is 16.7 Å². The number of pyridine rings is 1. The number of nitrogens with one attached hydrogen (secondary N) is 1. The van der Waals surface area contributed by atoms with Crippen LogP contribution in [-0.2, 0) is 0 Å². The van der Waals surface area contributed by atoms with E-state index in [2.05, 4.69) is 105 Å². The van der Waals surface area contributed by atoms with Gasteiger partial charge in [0.25, 0.3) is 0 Å². The van der Waals surface area contributed by atoms with E-state index in [-0.39, 0.29) is 0 Å². The fourth-order valence-corrected chi connectivity index (χ4v) is 9.23. The minimum Gasteiger partial charge on any atom is -0.387 e. The van der Waals surface area contributed by atoms with Crippen molar-refractivity contribution in [3.63, 3.8) is 0 Å². The van der Waals surface area contributed by atoms with Gasteiger partial charge in [0.05, 0.1) is 5.69 Å². The first-order valence-electron chi connectivity index (χ1n) is 17.3. The van der Waals surface area contributed by atoms with Crippen molar-refractivity contribution in [2.75, 3.05) is 6.54 Å². The Labute approximate surface area is 264 Å². The van der Waals surface area contributed by atoms with Crippen LogP contribution < -0.4 is 5.32 Å². The molecule has 1 N–H and O–H groups in total. The minimum absolute atomic E-state index is 0.517. The van der Waals surface area contributed by atoms with Gasteiger partial charge in [-0.25, -0.2) is 0 Å². The van der Waals surface area contributed by atoms with Crippen molar-refractivity contribution in [3.8, 4) is 11.1 Å². The van der Waals surface area contributed by atoms with Gasteiger partial charge in [-0.3, -0.25) is 4.98 Å². The molecule has 1 aliphatic heterocycles. The summed E-state index contributed by atoms with van der Waals surface area (Å²) in [4.78, 5) is 4.74. The highest BCUT2D eigenvalue weighted by Crippen LogP contribution is 2.57. The number of fused-ring (bicyclic) bond motifs is 2. The summed E-state index contributed by atoms with van der Waals surface area (Å²) in [5.74, 6) is 3.35. The first-order valence-corrected chi connectivity index (χ1v) is 17.3. The molecule has 0 radical (unpaired) electrons. The monoisotopic (exact) mass is 580 g/mol. The summed E-state index contributed by atoms with van der Waals surface area (Å²) in [7, 11) is 0. The number of hydrogen-bond acceptors (Lipinski definition) is 2. The molecule has 2 heteroatoms. The van der Waals surface area contributed by atoms with Gasteiger partial charge in [0.1, 0.15) is 0 Å². The summed E-state index contributed by atoms with van der Waals surface area (Å²) in [5, 5.41) is 6.14. The van der Waals surface area contributed by atoms with Gasteiger partial charge in [0, 0.05) is 18.7 Å². The van der Waals surface area contributed by atoms with Crippen molar-refractivity contribution >= 4 is 16.3 Å². The molecule has 2 nitrogen and oxygen atoms in total. The second-order valence-corrected chi connectivity index (χ2v) is 13.6. The highest BCUT2D eigenvalue weighted by Gasteiger charge is 2.46. The van der Waals surface area contributed by atoms with Gasteiger partial charge in [0.2, 0.25) is 0 Å². The molecule has 2 heterocycles. The van der Waals surface area contributed by atoms with Gasteiger partial charge >= 0.3 is 0 Å². The van der Waals surface area contributed by atoms with Crippen LogP contribution in [0.1, 0.15) is 89.3 Å². The molecule has 4 aliphatic rings. The first kappa shape index (κ1) is 29.1. The van der Waals surface area contributed by atoms with Crippen LogP contribution in [0.3, 0.4) is 0 Å². The molecule has 0 amide bonds. The zero-order chi connectivity index (χ0) is 30.0. The van der Waals surface area contributed by atoms with Crippen LogP contribution in [0.4, 0.5) is 0 Å². The molecule has 0 saturated heterocycles. The third kappa shape index (κ3) is 5.31. The van der Waals surface area contributed by atoms with Gasteiger partial charge in [0.15, 0.2) is 0 Å². The third-order valence-corrected chi connectivity index (χ3v) is 11.2. The molecule has 1 saturated carbocycles. The second kappa shape index (κ2) is 12.8. The summed E-state index contributed by atoms with van der Waals surface area (Å²) in [6, 6.07) is 18.6. The minimum atomic E-state index is 0.517. The summed E-state index contributed by atoms with van der Waals surface area (Å²) in [6.07, 6.45) is 26.1. The molecule has 5 atom stereocenters. The Morgan fingerprint density at radius 1 is 0.955 bits per heavy atom. The lowest BCUT2D eigenvalue weighted by Gasteiger charge is -2.50. The van der Waals surface area contributed by atoms with Crippen LogP contribution in [0.15, 0.2) is 108 Å². The van der Waals surface area contributed by atoms with Crippen molar-refractivity contribution < 1.29 is 0 Å². The number of dihydropyridines is 1. The van der Waals surface area contributed by atoms with E-state index in [1.165, 1.54) is 78.0 Å². The largest absolute Gasteiger partial charge is 0.387 e. The summed E-state index contributed by atoms with van der Waals surface area (Å²) in [6.45, 7) is 8.01. The molecule has 5 unspecified atom stereocenters. The molecule has 1 aromatic heterocycles. The molecular weight excluding hydrogens is 532 g/mol. The normalized spacial score (nSPS) is 26.7. The number of aromatic nitrogens is 1. The van der Waals surface area contributed by atoms with Crippen LogP contribution >= 0.6 is 0 Å². The fraction of sp³-hybridized carbons (Fsp3) is 0.405. The highest BCUT2D eigenvalue weighted by molar-refractivity contribution is 5.99. The van der Waals surface area contributed by atoms with Crippen molar-refractivity contribution in [1.29, 1.82) is 0 Å². The maximum atomic E-state index is 4.74. The van der Waals surface area contributed by atoms with E-state index in [0.717, 1.165) is 30.5 Å². The molecule has 3 aliphatic carbocycles. The maximum absolute atomic E-state index is 4.74. The van der Waals surface area contributed by atoms with Crippen molar-refractivity contribution in [3.05, 3.63) is 119 Å². The fourth-order valence-electron chi connectivity index (χ4n) is 9.23. The molecule has 226 valence electrons. The van der Waals surface area contributed by atoms with E-state index < -0.39 is 0 Å². The summed E-state index contributed by atoms with van der Waals surface area (Å²) in [5.41, 5.74) is 11.4. The molecular formula is C42H48N2. The van der Waals surface area contributed by atoms with Crippen LogP contribution in [0.25, 0.3) is 27.5 Å². The Bertz CT molecular complexity index is 1680. The Morgan fingerprint density at radius 2 is 1.80 bits per heavy atom. The maximum Gasteiger partial charge on any atom is 0.0685 e. The van der Waals surface area contributed by atoms with Gasteiger partial charge in [-0.2, -0.15) is 0 Å². The summed E-state index contributed by atoms with van der Waals surface area (Å²) >= 11 is 0. The lowest BCUT2D eigenvalue weighted by molar-refractivity contribution is 0.119. The number of benzene rings is 2. The Balaban J connectivity index is 1.34. The Kier molecular flexibility index (Phi) is 8.43. The van der Waals surface area contributed by atoms with E-state index in [4.69, 9.17) is 4.98 Å². The van der Waals surface area contributed by atoms with Gasteiger partial charge in [-0.1, -0.05) is 111 Å².